The zero-order valence-electron chi connectivity index (χ0n) is 12.7. The van der Waals surface area contributed by atoms with Gasteiger partial charge in [0.05, 0.1) is 6.04 Å². The molecular formula is C14H30N4O. The van der Waals surface area contributed by atoms with Crippen molar-refractivity contribution in [2.45, 2.75) is 33.2 Å². The number of nitrogens with one attached hydrogen (secondary N) is 1. The minimum atomic E-state index is -0.238. The van der Waals surface area contributed by atoms with E-state index in [4.69, 9.17) is 5.73 Å². The third-order valence-corrected chi connectivity index (χ3v) is 3.51. The lowest BCUT2D eigenvalue weighted by atomic mass is 10.1. The van der Waals surface area contributed by atoms with E-state index in [0.29, 0.717) is 0 Å². The van der Waals surface area contributed by atoms with Crippen molar-refractivity contribution in [3.05, 3.63) is 0 Å². The number of carbonyl (C=O) groups is 1. The maximum absolute atomic E-state index is 11.4. The first-order chi connectivity index (χ1) is 9.02. The highest BCUT2D eigenvalue weighted by Crippen LogP contribution is 2.05. The first-order valence-corrected chi connectivity index (χ1v) is 7.50. The highest BCUT2D eigenvalue weighted by atomic mass is 16.1. The Labute approximate surface area is 117 Å². The molecule has 0 saturated carbocycles. The van der Waals surface area contributed by atoms with Gasteiger partial charge in [-0.3, -0.25) is 9.69 Å². The molecule has 1 fully saturated rings. The Balaban J connectivity index is 2.31. The van der Waals surface area contributed by atoms with Crippen molar-refractivity contribution < 1.29 is 4.79 Å². The monoisotopic (exact) mass is 270 g/mol. The highest BCUT2D eigenvalue weighted by molar-refractivity contribution is 5.80. The number of rotatable bonds is 8. The van der Waals surface area contributed by atoms with E-state index in [-0.39, 0.29) is 11.9 Å². The van der Waals surface area contributed by atoms with Gasteiger partial charge >= 0.3 is 0 Å². The second kappa shape index (κ2) is 8.51. The molecule has 1 aliphatic rings. The van der Waals surface area contributed by atoms with Crippen LogP contribution < -0.4 is 11.1 Å². The normalized spacial score (nSPS) is 19.8. The van der Waals surface area contributed by atoms with Crippen molar-refractivity contribution in [2.24, 2.45) is 11.7 Å². The molecule has 0 aromatic heterocycles. The molecule has 5 nitrogen and oxygen atoms in total. The van der Waals surface area contributed by atoms with Gasteiger partial charge in [-0.05, 0) is 18.9 Å². The van der Waals surface area contributed by atoms with Crippen LogP contribution in [0.25, 0.3) is 0 Å². The predicted octanol–water partition coefficient (Wildman–Crippen LogP) is 0.114. The largest absolute Gasteiger partial charge is 0.368 e. The number of primary amides is 1. The van der Waals surface area contributed by atoms with E-state index in [1.165, 1.54) is 6.54 Å². The zero-order chi connectivity index (χ0) is 14.3. The van der Waals surface area contributed by atoms with E-state index < -0.39 is 0 Å². The second-order valence-electron chi connectivity index (χ2n) is 5.90. The van der Waals surface area contributed by atoms with E-state index in [1.54, 1.807) is 0 Å². The molecule has 0 aromatic rings. The van der Waals surface area contributed by atoms with Crippen LogP contribution in [0.4, 0.5) is 0 Å². The summed E-state index contributed by atoms with van der Waals surface area (Å²) in [6.45, 7) is 13.6. The Morgan fingerprint density at radius 1 is 1.16 bits per heavy atom. The van der Waals surface area contributed by atoms with Crippen molar-refractivity contribution in [2.75, 3.05) is 45.8 Å². The SMILES string of the molecule is CCCNC(CN1CCN(CC(C)C)CC1)C(N)=O. The summed E-state index contributed by atoms with van der Waals surface area (Å²) in [6, 6.07) is -0.211. The fourth-order valence-electron chi connectivity index (χ4n) is 2.50. The summed E-state index contributed by atoms with van der Waals surface area (Å²) < 4.78 is 0. The minimum absolute atomic E-state index is 0.211. The fraction of sp³-hybridized carbons (Fsp3) is 0.929. The summed E-state index contributed by atoms with van der Waals surface area (Å²) in [4.78, 5) is 16.3. The number of hydrogen-bond acceptors (Lipinski definition) is 4. The summed E-state index contributed by atoms with van der Waals surface area (Å²) in [7, 11) is 0. The van der Waals surface area contributed by atoms with Gasteiger partial charge in [0, 0.05) is 39.3 Å². The van der Waals surface area contributed by atoms with Crippen molar-refractivity contribution >= 4 is 5.91 Å². The second-order valence-corrected chi connectivity index (χ2v) is 5.90. The fourth-order valence-corrected chi connectivity index (χ4v) is 2.50. The number of carbonyl (C=O) groups excluding carboxylic acids is 1. The topological polar surface area (TPSA) is 61.6 Å². The van der Waals surface area contributed by atoms with Gasteiger partial charge in [-0.1, -0.05) is 20.8 Å². The molecule has 1 unspecified atom stereocenters. The number of piperazine rings is 1. The van der Waals surface area contributed by atoms with Crippen LogP contribution >= 0.6 is 0 Å². The van der Waals surface area contributed by atoms with Crippen LogP contribution in [0.5, 0.6) is 0 Å². The van der Waals surface area contributed by atoms with Crippen LogP contribution in [-0.4, -0.2) is 67.6 Å². The molecule has 1 saturated heterocycles. The van der Waals surface area contributed by atoms with Gasteiger partial charge in [0.1, 0.15) is 0 Å². The van der Waals surface area contributed by atoms with Crippen LogP contribution in [0.3, 0.4) is 0 Å². The van der Waals surface area contributed by atoms with Gasteiger partial charge in [-0.2, -0.15) is 0 Å². The lowest BCUT2D eigenvalue weighted by Crippen LogP contribution is -2.54. The molecular weight excluding hydrogens is 240 g/mol. The standard InChI is InChI=1S/C14H30N4O/c1-4-5-16-13(14(15)19)11-18-8-6-17(7-9-18)10-12(2)3/h12-13,16H,4-11H2,1-3H3,(H2,15,19). The lowest BCUT2D eigenvalue weighted by molar-refractivity contribution is -0.120. The molecule has 5 heteroatoms. The summed E-state index contributed by atoms with van der Waals surface area (Å²) in [6.07, 6.45) is 1.02. The minimum Gasteiger partial charge on any atom is -0.368 e. The van der Waals surface area contributed by atoms with Gasteiger partial charge in [0.25, 0.3) is 0 Å². The summed E-state index contributed by atoms with van der Waals surface area (Å²) in [5.41, 5.74) is 5.45. The summed E-state index contributed by atoms with van der Waals surface area (Å²) >= 11 is 0. The first-order valence-electron chi connectivity index (χ1n) is 7.50. The Morgan fingerprint density at radius 2 is 1.68 bits per heavy atom. The predicted molar refractivity (Wildman–Crippen MR) is 79.0 cm³/mol. The molecule has 1 rings (SSSR count). The van der Waals surface area contributed by atoms with Crippen molar-refractivity contribution in [3.8, 4) is 0 Å². The van der Waals surface area contributed by atoms with Crippen molar-refractivity contribution in [3.63, 3.8) is 0 Å². The van der Waals surface area contributed by atoms with Crippen LogP contribution in [0, 0.1) is 5.92 Å². The number of amides is 1. The molecule has 0 radical (unpaired) electrons. The summed E-state index contributed by atoms with van der Waals surface area (Å²) in [5, 5.41) is 3.23. The molecule has 0 bridgehead atoms. The molecule has 0 aliphatic carbocycles. The van der Waals surface area contributed by atoms with Crippen LogP contribution in [0.15, 0.2) is 0 Å². The molecule has 0 aromatic carbocycles. The molecule has 1 amide bonds. The molecule has 3 N–H and O–H groups in total. The van der Waals surface area contributed by atoms with Crippen LogP contribution in [0.2, 0.25) is 0 Å². The smallest absolute Gasteiger partial charge is 0.235 e. The van der Waals surface area contributed by atoms with Gasteiger partial charge < -0.3 is 16.0 Å². The van der Waals surface area contributed by atoms with Gasteiger partial charge in [-0.15, -0.1) is 0 Å². The van der Waals surface area contributed by atoms with Crippen molar-refractivity contribution in [1.29, 1.82) is 0 Å². The Morgan fingerprint density at radius 3 is 2.11 bits per heavy atom. The van der Waals surface area contributed by atoms with Gasteiger partial charge in [-0.25, -0.2) is 0 Å². The van der Waals surface area contributed by atoms with Gasteiger partial charge in [0.15, 0.2) is 0 Å². The number of nitrogens with two attached hydrogens (primary N) is 1. The highest BCUT2D eigenvalue weighted by Gasteiger charge is 2.22. The van der Waals surface area contributed by atoms with E-state index in [2.05, 4.69) is 35.9 Å². The van der Waals surface area contributed by atoms with E-state index in [9.17, 15) is 4.79 Å². The average Bonchev–Trinajstić information content (AvgIpc) is 2.35. The third-order valence-electron chi connectivity index (χ3n) is 3.51. The quantitative estimate of drug-likeness (QED) is 0.657. The van der Waals surface area contributed by atoms with Crippen LogP contribution in [0.1, 0.15) is 27.2 Å². The summed E-state index contributed by atoms with van der Waals surface area (Å²) in [5.74, 6) is 0.481. The van der Waals surface area contributed by atoms with E-state index in [0.717, 1.165) is 51.6 Å². The first kappa shape index (κ1) is 16.4. The van der Waals surface area contributed by atoms with E-state index in [1.807, 2.05) is 0 Å². The third kappa shape index (κ3) is 6.36. The maximum Gasteiger partial charge on any atom is 0.235 e. The average molecular weight is 270 g/mol. The molecule has 1 aliphatic heterocycles. The molecule has 19 heavy (non-hydrogen) atoms. The number of hydrogen-bond donors (Lipinski definition) is 2. The van der Waals surface area contributed by atoms with Crippen LogP contribution in [-0.2, 0) is 4.79 Å². The van der Waals surface area contributed by atoms with E-state index >= 15 is 0 Å². The number of nitrogens with zero attached hydrogens (tertiary/aromatic N) is 2. The van der Waals surface area contributed by atoms with Gasteiger partial charge in [0.2, 0.25) is 5.91 Å². The Bertz CT molecular complexity index is 262. The molecule has 0 spiro atoms. The molecule has 1 atom stereocenters. The van der Waals surface area contributed by atoms with Crippen molar-refractivity contribution in [1.82, 2.24) is 15.1 Å². The Hall–Kier alpha value is -0.650. The molecule has 1 heterocycles. The maximum atomic E-state index is 11.4. The molecule has 112 valence electrons. The Kier molecular flexibility index (Phi) is 7.34. The zero-order valence-corrected chi connectivity index (χ0v) is 12.7. The lowest BCUT2D eigenvalue weighted by Gasteiger charge is -2.36.